The van der Waals surface area contributed by atoms with Crippen molar-refractivity contribution in [2.45, 2.75) is 122 Å². The fourth-order valence-electron chi connectivity index (χ4n) is 9.61. The zero-order chi connectivity index (χ0) is 59.8. The van der Waals surface area contributed by atoms with Gasteiger partial charge in [0.05, 0.1) is 12.5 Å². The van der Waals surface area contributed by atoms with E-state index in [2.05, 4.69) is 57.8 Å². The molecular formula is C59H77N11O12. The number of hydrogen-bond acceptors (Lipinski definition) is 15. The van der Waals surface area contributed by atoms with Crippen LogP contribution in [0.2, 0.25) is 0 Å². The number of ether oxygens (including phenoxy) is 2. The number of likely N-dealkylation sites (tertiary alicyclic amines) is 1. The number of nitrogens with zero attached hydrogens (tertiary/aromatic N) is 2. The van der Waals surface area contributed by atoms with Crippen molar-refractivity contribution < 1.29 is 57.7 Å². The maximum atomic E-state index is 14.9. The molecule has 0 spiro atoms. The predicted molar refractivity (Wildman–Crippen MR) is 304 cm³/mol. The van der Waals surface area contributed by atoms with Crippen LogP contribution < -0.4 is 54.3 Å². The molecule has 4 bridgehead atoms. The molecule has 4 aromatic rings. The predicted octanol–water partition coefficient (Wildman–Crippen LogP) is 2.74. The first-order valence-electron chi connectivity index (χ1n) is 27.7. The van der Waals surface area contributed by atoms with Crippen molar-refractivity contribution in [2.24, 2.45) is 34.8 Å². The smallest absolute Gasteiger partial charge is 0.507 e. The maximum Gasteiger partial charge on any atom is 0.513 e. The number of nitrogens with one attached hydrogen (secondary N) is 5. The lowest BCUT2D eigenvalue weighted by Crippen LogP contribution is -2.62. The molecule has 82 heavy (non-hydrogen) atoms. The number of phenolic OH excluding ortho intramolecular Hbond substituents is 1. The van der Waals surface area contributed by atoms with E-state index in [0.717, 1.165) is 40.2 Å². The highest BCUT2D eigenvalue weighted by Crippen LogP contribution is 2.40. The van der Waals surface area contributed by atoms with Crippen LogP contribution in [-0.2, 0) is 51.1 Å². The van der Waals surface area contributed by atoms with Gasteiger partial charge in [-0.15, -0.1) is 0 Å². The Hall–Kier alpha value is -8.41. The number of nitrogens with two attached hydrogens (primary N) is 4. The number of likely N-dealkylation sites (N-methyl/N-ethyl adjacent to an activating group) is 1. The first-order valence-corrected chi connectivity index (χ1v) is 27.7. The molecule has 8 amide bonds. The van der Waals surface area contributed by atoms with Gasteiger partial charge in [-0.25, -0.2) is 4.79 Å². The lowest BCUT2D eigenvalue weighted by Gasteiger charge is -2.33. The van der Waals surface area contributed by atoms with Gasteiger partial charge in [-0.05, 0) is 122 Å². The van der Waals surface area contributed by atoms with Crippen LogP contribution in [-0.4, -0.2) is 132 Å². The van der Waals surface area contributed by atoms with E-state index < -0.39 is 95.8 Å². The number of phenols is 1. The van der Waals surface area contributed by atoms with E-state index in [-0.39, 0.29) is 73.2 Å². The van der Waals surface area contributed by atoms with Gasteiger partial charge in [-0.2, -0.15) is 0 Å². The number of carbonyl (C=O) groups is 9. The molecule has 1 fully saturated rings. The van der Waals surface area contributed by atoms with E-state index in [9.17, 15) is 48.3 Å². The first-order chi connectivity index (χ1) is 39.1. The molecule has 2 heterocycles. The molecule has 1 saturated heterocycles. The fourth-order valence-corrected chi connectivity index (χ4v) is 9.61. The lowest BCUT2D eigenvalue weighted by molar-refractivity contribution is -0.143. The third-order valence-electron chi connectivity index (χ3n) is 14.3. The van der Waals surface area contributed by atoms with Gasteiger partial charge >= 0.3 is 6.16 Å². The summed E-state index contributed by atoms with van der Waals surface area (Å²) in [6.07, 6.45) is -0.120. The highest BCUT2D eigenvalue weighted by atomic mass is 16.7. The minimum atomic E-state index is -1.89. The van der Waals surface area contributed by atoms with E-state index in [1.165, 1.54) is 49.0 Å². The molecule has 23 heteroatoms. The average molecular weight is 1130 g/mol. The van der Waals surface area contributed by atoms with Crippen molar-refractivity contribution in [2.75, 3.05) is 33.3 Å². The molecule has 0 aromatic heterocycles. The number of aromatic hydroxyl groups is 1. The zero-order valence-corrected chi connectivity index (χ0v) is 47.0. The largest absolute Gasteiger partial charge is 0.513 e. The molecule has 14 N–H and O–H groups in total. The molecule has 6 rings (SSSR count). The van der Waals surface area contributed by atoms with E-state index >= 15 is 0 Å². The Morgan fingerprint density at radius 1 is 0.854 bits per heavy atom. The summed E-state index contributed by atoms with van der Waals surface area (Å²) in [5.74, 6) is -7.85. The summed E-state index contributed by atoms with van der Waals surface area (Å²) in [6.45, 7) is 7.69. The van der Waals surface area contributed by atoms with Crippen LogP contribution in [0.3, 0.4) is 0 Å². The van der Waals surface area contributed by atoms with E-state index in [0.29, 0.717) is 36.8 Å². The summed E-state index contributed by atoms with van der Waals surface area (Å²) in [5, 5.41) is 24.4. The summed E-state index contributed by atoms with van der Waals surface area (Å²) < 4.78 is 11.0. The standard InChI is InChI=1S/C59H77N11O12/c1-6-7-11-35-14-17-37(18-15-35)38-19-21-39(22-20-38)53(74)64-31-34(4)52(73)65-43(12-8-9-26-60)57(78)69(5)48-40-23-25-47(82-59(80)81-32-33(2)3)42(30-40)41-28-36(16-24-46(41)71)29-44(66-56(77)49(61)67-55(48)76)54(75)68-50(62)58(79)70-27-10-13-45(70)51(63)72/h14-25,28,30,33-34,43-45,48-50,71H,6-13,26-27,29,31-32,60-62H2,1-5H3,(H2,63,72)(H,64,74)(H,65,73)(H,66,77)(H,67,76)(H,68,75)/t34-,43+,44+,45+,48+,49-,50-/m1/s1. The molecule has 0 radical (unpaired) electrons. The SMILES string of the molecule is CCCCc1ccc(-c2ccc(C(=O)NC[C@@H](C)C(=O)N[C@@H](CCCCN)C(=O)N(C)[C@@H]3C(=O)N[C@@H](N)C(=O)N[C@H](C(=O)N[C@@H](N)C(=O)N4CCC[C@H]4C(N)=O)Cc4ccc(O)c(c4)-c4cc3ccc4OC(=O)OCC(C)C)cc2)cc1. The van der Waals surface area contributed by atoms with E-state index in [1.54, 1.807) is 19.1 Å². The minimum absolute atomic E-state index is 0.00311. The molecule has 4 aromatic carbocycles. The van der Waals surface area contributed by atoms with Crippen LogP contribution in [0.15, 0.2) is 84.9 Å². The maximum absolute atomic E-state index is 14.9. The average Bonchev–Trinajstić information content (AvgIpc) is 4.02. The summed E-state index contributed by atoms with van der Waals surface area (Å²) in [6, 6.07) is 18.2. The molecule has 0 saturated carbocycles. The number of benzene rings is 4. The molecule has 440 valence electrons. The first kappa shape index (κ1) is 62.8. The normalized spacial score (nSPS) is 18.1. The van der Waals surface area contributed by atoms with Crippen LogP contribution in [0.4, 0.5) is 4.79 Å². The number of carbonyl (C=O) groups excluding carboxylic acids is 9. The number of primary amides is 1. The van der Waals surface area contributed by atoms with Gasteiger partial charge in [0, 0.05) is 43.2 Å². The van der Waals surface area contributed by atoms with Crippen molar-refractivity contribution in [1.29, 1.82) is 0 Å². The Morgan fingerprint density at radius 3 is 2.21 bits per heavy atom. The Morgan fingerprint density at radius 2 is 1.55 bits per heavy atom. The Kier molecular flexibility index (Phi) is 22.5. The van der Waals surface area contributed by atoms with Crippen LogP contribution >= 0.6 is 0 Å². The second-order valence-electron chi connectivity index (χ2n) is 21.2. The number of amides is 8. The highest BCUT2D eigenvalue weighted by Gasteiger charge is 2.39. The second-order valence-corrected chi connectivity index (χ2v) is 21.2. The summed E-state index contributed by atoms with van der Waals surface area (Å²) >= 11 is 0. The summed E-state index contributed by atoms with van der Waals surface area (Å²) in [4.78, 5) is 126. The van der Waals surface area contributed by atoms with Crippen LogP contribution in [0.1, 0.15) is 106 Å². The number of unbranched alkanes of at least 4 members (excludes halogenated alkanes) is 2. The molecule has 2 aliphatic heterocycles. The van der Waals surface area contributed by atoms with Crippen molar-refractivity contribution in [1.82, 2.24) is 36.4 Å². The van der Waals surface area contributed by atoms with Gasteiger partial charge in [0.1, 0.15) is 35.7 Å². The van der Waals surface area contributed by atoms with E-state index in [1.807, 2.05) is 26.0 Å². The van der Waals surface area contributed by atoms with Crippen molar-refractivity contribution in [3.63, 3.8) is 0 Å². The Balaban J connectivity index is 1.28. The number of aryl methyl sites for hydroxylation is 1. The van der Waals surface area contributed by atoms with Crippen LogP contribution in [0, 0.1) is 11.8 Å². The fraction of sp³-hybridized carbons (Fsp3) is 0.441. The number of hydrogen-bond donors (Lipinski definition) is 10. The quantitative estimate of drug-likeness (QED) is 0.0234. The van der Waals surface area contributed by atoms with Gasteiger partial charge < -0.3 is 73.9 Å². The van der Waals surface area contributed by atoms with Gasteiger partial charge in [0.25, 0.3) is 17.7 Å². The Labute approximate surface area is 476 Å². The Bertz CT molecular complexity index is 2960. The molecule has 7 atom stereocenters. The summed E-state index contributed by atoms with van der Waals surface area (Å²) in [5.41, 5.74) is 27.8. The second kappa shape index (κ2) is 29.3. The third-order valence-corrected chi connectivity index (χ3v) is 14.3. The van der Waals surface area contributed by atoms with Gasteiger partial charge in [0.15, 0.2) is 12.3 Å². The molecule has 2 aliphatic rings. The van der Waals surface area contributed by atoms with Gasteiger partial charge in [-0.1, -0.05) is 82.6 Å². The van der Waals surface area contributed by atoms with Crippen molar-refractivity contribution in [3.8, 4) is 33.8 Å². The lowest BCUT2D eigenvalue weighted by atomic mass is 9.93. The third kappa shape index (κ3) is 16.6. The van der Waals surface area contributed by atoms with Gasteiger partial charge in [0.2, 0.25) is 29.5 Å². The van der Waals surface area contributed by atoms with Crippen molar-refractivity contribution in [3.05, 3.63) is 107 Å². The molecule has 0 aliphatic carbocycles. The topological polar surface area (TPSA) is 363 Å². The number of fused-ring (bicyclic) bond motifs is 5. The zero-order valence-electron chi connectivity index (χ0n) is 47.0. The number of rotatable bonds is 22. The summed E-state index contributed by atoms with van der Waals surface area (Å²) in [7, 11) is 1.30. The van der Waals surface area contributed by atoms with Crippen LogP contribution in [0.5, 0.6) is 11.5 Å². The molecule has 0 unspecified atom stereocenters. The van der Waals surface area contributed by atoms with Gasteiger partial charge in [-0.3, -0.25) is 38.4 Å². The molecular weight excluding hydrogens is 1050 g/mol. The highest BCUT2D eigenvalue weighted by molar-refractivity contribution is 5.98. The monoisotopic (exact) mass is 1130 g/mol. The molecule has 23 nitrogen and oxygen atoms in total. The van der Waals surface area contributed by atoms with Crippen LogP contribution in [0.25, 0.3) is 22.3 Å². The van der Waals surface area contributed by atoms with Crippen molar-refractivity contribution >= 4 is 53.4 Å². The van der Waals surface area contributed by atoms with E-state index in [4.69, 9.17) is 32.4 Å². The minimum Gasteiger partial charge on any atom is -0.507 e.